The monoisotopic (exact) mass is 453 g/mol. The van der Waals surface area contributed by atoms with Gasteiger partial charge in [-0.25, -0.2) is 0 Å². The lowest BCUT2D eigenvalue weighted by atomic mass is 10.1. The second-order valence-corrected chi connectivity index (χ2v) is 7.64. The number of carbonyl (C=O) groups excluding carboxylic acids is 1. The van der Waals surface area contributed by atoms with Gasteiger partial charge in [-0.05, 0) is 73.2 Å². The quantitative estimate of drug-likeness (QED) is 0.135. The van der Waals surface area contributed by atoms with Crippen molar-refractivity contribution in [2.45, 2.75) is 6.92 Å². The summed E-state index contributed by atoms with van der Waals surface area (Å²) < 4.78 is 0. The first-order valence-corrected chi connectivity index (χ1v) is 10.5. The fourth-order valence-corrected chi connectivity index (χ4v) is 3.27. The molecule has 8 nitrogen and oxygen atoms in total. The largest absolute Gasteiger partial charge is 0.508 e. The van der Waals surface area contributed by atoms with Gasteiger partial charge in [0.25, 0.3) is 5.91 Å². The highest BCUT2D eigenvalue weighted by atomic mass is 16.3. The van der Waals surface area contributed by atoms with Crippen LogP contribution in [0.4, 0.5) is 17.1 Å². The lowest BCUT2D eigenvalue weighted by Gasteiger charge is -2.14. The van der Waals surface area contributed by atoms with Crippen LogP contribution in [0.3, 0.4) is 0 Å². The van der Waals surface area contributed by atoms with Crippen LogP contribution in [0, 0.1) is 12.3 Å². The summed E-state index contributed by atoms with van der Waals surface area (Å²) in [7, 11) is 0. The second-order valence-electron chi connectivity index (χ2n) is 7.64. The van der Waals surface area contributed by atoms with Crippen molar-refractivity contribution in [2.75, 3.05) is 16.1 Å². The zero-order chi connectivity index (χ0) is 24.1. The van der Waals surface area contributed by atoms with Gasteiger partial charge >= 0.3 is 0 Å². The Morgan fingerprint density at radius 2 is 1.65 bits per heavy atom. The molecule has 0 heterocycles. The lowest BCUT2D eigenvalue weighted by molar-refractivity contribution is 0.102. The van der Waals surface area contributed by atoms with E-state index in [0.717, 1.165) is 5.69 Å². The van der Waals surface area contributed by atoms with E-state index in [1.54, 1.807) is 49.4 Å². The Balaban J connectivity index is 1.37. The van der Waals surface area contributed by atoms with E-state index in [4.69, 9.17) is 5.41 Å². The van der Waals surface area contributed by atoms with E-state index in [9.17, 15) is 15.0 Å². The van der Waals surface area contributed by atoms with Crippen LogP contribution in [0.2, 0.25) is 0 Å². The van der Waals surface area contributed by atoms with E-state index in [1.807, 2.05) is 30.3 Å². The average molecular weight is 454 g/mol. The molecule has 3 aromatic carbocycles. The molecule has 0 aliphatic heterocycles. The number of nitrogens with one attached hydrogen (secondary N) is 4. The molecule has 1 aliphatic rings. The van der Waals surface area contributed by atoms with Crippen LogP contribution in [0.25, 0.3) is 0 Å². The molecular weight excluding hydrogens is 430 g/mol. The zero-order valence-corrected chi connectivity index (χ0v) is 18.3. The predicted molar refractivity (Wildman–Crippen MR) is 135 cm³/mol. The van der Waals surface area contributed by atoms with Crippen molar-refractivity contribution in [3.05, 3.63) is 102 Å². The summed E-state index contributed by atoms with van der Waals surface area (Å²) in [6.07, 6.45) is 5.06. The molecule has 0 radical (unpaired) electrons. The van der Waals surface area contributed by atoms with Crippen LogP contribution in [0.5, 0.6) is 11.5 Å². The summed E-state index contributed by atoms with van der Waals surface area (Å²) in [5.74, 6) is -0.193. The predicted octanol–water partition coefficient (Wildman–Crippen LogP) is 5.01. The van der Waals surface area contributed by atoms with Crippen molar-refractivity contribution in [2.24, 2.45) is 5.10 Å². The van der Waals surface area contributed by atoms with Gasteiger partial charge in [-0.3, -0.25) is 15.6 Å². The maximum Gasteiger partial charge on any atom is 0.255 e. The minimum Gasteiger partial charge on any atom is -0.508 e. The number of phenolic OH excluding ortho intramolecular Hbond substituents is 2. The number of rotatable bonds is 6. The number of aromatic hydroxyl groups is 2. The number of amides is 1. The van der Waals surface area contributed by atoms with Crippen molar-refractivity contribution in [3.8, 4) is 11.5 Å². The van der Waals surface area contributed by atoms with E-state index in [0.29, 0.717) is 28.2 Å². The number of phenols is 2. The van der Waals surface area contributed by atoms with Gasteiger partial charge in [0.15, 0.2) is 0 Å². The first kappa shape index (κ1) is 22.3. The third-order valence-electron chi connectivity index (χ3n) is 5.05. The summed E-state index contributed by atoms with van der Waals surface area (Å²) in [4.78, 5) is 12.3. The van der Waals surface area contributed by atoms with Crippen molar-refractivity contribution in [1.29, 1.82) is 5.41 Å². The number of anilines is 3. The fraction of sp³-hybridized carbons (Fsp3) is 0.0385. The van der Waals surface area contributed by atoms with Gasteiger partial charge in [-0.15, -0.1) is 0 Å². The zero-order valence-electron chi connectivity index (χ0n) is 18.3. The third kappa shape index (κ3) is 5.31. The first-order valence-electron chi connectivity index (χ1n) is 10.5. The first-order chi connectivity index (χ1) is 16.4. The topological polar surface area (TPSA) is 130 Å². The average Bonchev–Trinajstić information content (AvgIpc) is 2.83. The highest BCUT2D eigenvalue weighted by Gasteiger charge is 2.11. The third-order valence-corrected chi connectivity index (χ3v) is 5.05. The second kappa shape index (κ2) is 9.74. The van der Waals surface area contributed by atoms with E-state index >= 15 is 0 Å². The van der Waals surface area contributed by atoms with Gasteiger partial charge in [0.05, 0.1) is 5.71 Å². The highest BCUT2D eigenvalue weighted by molar-refractivity contribution is 6.50. The number of hydrogen-bond donors (Lipinski definition) is 6. The molecular formula is C26H23N5O3. The number of carbonyl (C=O) groups is 1. The standard InChI is InChI=1S/C26H23N5O3/c1-16-13-21(32)15-24(25(16)33)31-30-23-12-11-20(14-22(23)27)28-18-7-9-19(10-8-18)29-26(34)17-5-3-2-4-6-17/h2-15,27-28,31-33H,1H3,(H,29,34)/b27-22?,30-23-. The van der Waals surface area contributed by atoms with E-state index in [2.05, 4.69) is 21.2 Å². The molecule has 0 fully saturated rings. The number of nitrogens with zero attached hydrogens (tertiary/aromatic N) is 1. The van der Waals surface area contributed by atoms with Crippen LogP contribution in [0.15, 0.2) is 95.8 Å². The van der Waals surface area contributed by atoms with E-state index < -0.39 is 0 Å². The molecule has 0 saturated carbocycles. The molecule has 0 aromatic heterocycles. The van der Waals surface area contributed by atoms with Gasteiger partial charge in [-0.2, -0.15) is 5.10 Å². The van der Waals surface area contributed by atoms with Gasteiger partial charge in [0.1, 0.15) is 22.9 Å². The van der Waals surface area contributed by atoms with E-state index in [-0.39, 0.29) is 28.8 Å². The smallest absolute Gasteiger partial charge is 0.255 e. The summed E-state index contributed by atoms with van der Waals surface area (Å²) in [5, 5.41) is 38.3. The maximum atomic E-state index is 12.3. The van der Waals surface area contributed by atoms with Gasteiger partial charge in [-0.1, -0.05) is 18.2 Å². The van der Waals surface area contributed by atoms with Gasteiger partial charge in [0, 0.05) is 28.7 Å². The lowest BCUT2D eigenvalue weighted by Crippen LogP contribution is -2.16. The molecule has 0 bridgehead atoms. The molecule has 6 N–H and O–H groups in total. The molecule has 1 aliphatic carbocycles. The number of allylic oxidation sites excluding steroid dienone is 3. The molecule has 0 spiro atoms. The van der Waals surface area contributed by atoms with E-state index in [1.165, 1.54) is 12.1 Å². The van der Waals surface area contributed by atoms with Gasteiger partial charge < -0.3 is 20.8 Å². The van der Waals surface area contributed by atoms with Gasteiger partial charge in [0.2, 0.25) is 0 Å². The number of hydrazone groups is 1. The van der Waals surface area contributed by atoms with Crippen molar-refractivity contribution < 1.29 is 15.0 Å². The van der Waals surface area contributed by atoms with Crippen molar-refractivity contribution in [1.82, 2.24) is 0 Å². The molecule has 0 atom stereocenters. The van der Waals surface area contributed by atoms with Crippen LogP contribution in [0.1, 0.15) is 15.9 Å². The summed E-state index contributed by atoms with van der Waals surface area (Å²) >= 11 is 0. The number of aryl methyl sites for hydroxylation is 1. The number of hydrogen-bond acceptors (Lipinski definition) is 7. The molecule has 1 amide bonds. The Morgan fingerprint density at radius 1 is 0.941 bits per heavy atom. The minimum atomic E-state index is -0.178. The Kier molecular flexibility index (Phi) is 6.40. The van der Waals surface area contributed by atoms with Crippen LogP contribution in [-0.2, 0) is 0 Å². The van der Waals surface area contributed by atoms with Crippen LogP contribution < -0.4 is 16.1 Å². The Morgan fingerprint density at radius 3 is 2.35 bits per heavy atom. The maximum absolute atomic E-state index is 12.3. The molecule has 34 heavy (non-hydrogen) atoms. The summed E-state index contributed by atoms with van der Waals surface area (Å²) in [6, 6.07) is 19.0. The molecule has 0 unspecified atom stereocenters. The Labute approximate surface area is 196 Å². The Bertz CT molecular complexity index is 1330. The van der Waals surface area contributed by atoms with Crippen molar-refractivity contribution >= 4 is 34.4 Å². The molecule has 0 saturated heterocycles. The SMILES string of the molecule is Cc1cc(O)cc(N/N=C2/C=CC(Nc3ccc(NC(=O)c4ccccc4)cc3)=CC2=N)c1O. The summed E-state index contributed by atoms with van der Waals surface area (Å²) in [6.45, 7) is 1.67. The molecule has 8 heteroatoms. The minimum absolute atomic E-state index is 0.00398. The van der Waals surface area contributed by atoms with Crippen molar-refractivity contribution in [3.63, 3.8) is 0 Å². The fourth-order valence-electron chi connectivity index (χ4n) is 3.27. The Hall–Kier alpha value is -4.85. The van der Waals surface area contributed by atoms with Crippen LogP contribution in [-0.4, -0.2) is 27.5 Å². The van der Waals surface area contributed by atoms with Crippen LogP contribution >= 0.6 is 0 Å². The molecule has 3 aromatic rings. The normalized spacial score (nSPS) is 14.0. The number of benzene rings is 3. The highest BCUT2D eigenvalue weighted by Crippen LogP contribution is 2.31. The molecule has 4 rings (SSSR count). The molecule has 170 valence electrons. The summed E-state index contributed by atoms with van der Waals surface area (Å²) in [5.41, 5.74) is 6.73.